The smallest absolute Gasteiger partial charge is 0.854 e. The molecule has 1 unspecified atom stereocenters. The van der Waals surface area contributed by atoms with Gasteiger partial charge in [-0.15, -0.1) is 0 Å². The first-order chi connectivity index (χ1) is 10.6. The van der Waals surface area contributed by atoms with E-state index in [4.69, 9.17) is 19.4 Å². The van der Waals surface area contributed by atoms with E-state index in [1.807, 2.05) is 0 Å². The Morgan fingerprint density at radius 3 is 2.22 bits per heavy atom. The fourth-order valence-corrected chi connectivity index (χ4v) is 3.69. The van der Waals surface area contributed by atoms with Crippen molar-refractivity contribution >= 4 is 18.5 Å². The summed E-state index contributed by atoms with van der Waals surface area (Å²) in [6, 6.07) is 17.5. The molecule has 2 aliphatic rings. The monoisotopic (exact) mass is 346 g/mol. The molecule has 1 aliphatic heterocycles. The maximum Gasteiger partial charge on any atom is 3.00 e. The van der Waals surface area contributed by atoms with Crippen LogP contribution in [0.4, 0.5) is 0 Å². The van der Waals surface area contributed by atoms with Crippen LogP contribution in [0.5, 0.6) is 5.75 Å². The van der Waals surface area contributed by atoms with Gasteiger partial charge in [0.05, 0.1) is 6.61 Å². The Kier molecular flexibility index (Phi) is 6.13. The fraction of sp³-hybridized carbons (Fsp3) is 0.294. The number of para-hydroxylation sites is 1. The van der Waals surface area contributed by atoms with Crippen LogP contribution in [0.15, 0.2) is 48.5 Å². The average Bonchev–Trinajstić information content (AvgIpc) is 2.87. The first-order valence-electron chi connectivity index (χ1n) is 7.26. The molecule has 0 N–H and O–H groups in total. The van der Waals surface area contributed by atoms with Gasteiger partial charge in [-0.3, -0.25) is 0 Å². The van der Waals surface area contributed by atoms with Gasteiger partial charge in [0.25, 0.3) is 0 Å². The molecule has 2 radical (unpaired) electrons. The molecule has 0 aromatic heterocycles. The van der Waals surface area contributed by atoms with Crippen molar-refractivity contribution in [1.82, 2.24) is 0 Å². The van der Waals surface area contributed by atoms with Crippen molar-refractivity contribution in [2.75, 3.05) is 6.61 Å². The van der Waals surface area contributed by atoms with E-state index in [2.05, 4.69) is 48.5 Å². The summed E-state index contributed by atoms with van der Waals surface area (Å²) in [5.74, 6) is 1.08. The molecule has 6 heteroatoms. The predicted octanol–water partition coefficient (Wildman–Crippen LogP) is 1.86. The molecule has 0 bridgehead atoms. The third kappa shape index (κ3) is 3.57. The van der Waals surface area contributed by atoms with Crippen LogP contribution in [0, 0.1) is 0 Å². The summed E-state index contributed by atoms with van der Waals surface area (Å²) in [5.41, 5.74) is 4.65. The Bertz CT molecular complexity index is 660. The second-order valence-corrected chi connectivity index (χ2v) is 6.00. The molecule has 4 nitrogen and oxygen atoms in total. The normalized spacial score (nSPS) is 20.7. The van der Waals surface area contributed by atoms with Gasteiger partial charge >= 0.3 is 9.90 Å². The molecular formula is C17H16O4P2. The van der Waals surface area contributed by atoms with Gasteiger partial charge in [-0.25, -0.2) is 0 Å². The molecule has 4 rings (SSSR count). The number of ether oxygens (including phenoxy) is 1. The Labute approximate surface area is 140 Å². The van der Waals surface area contributed by atoms with Gasteiger partial charge in [-0.1, -0.05) is 42.5 Å². The van der Waals surface area contributed by atoms with Gasteiger partial charge in [-0.05, 0) is 36.5 Å². The molecule has 0 fully saturated rings. The van der Waals surface area contributed by atoms with Crippen molar-refractivity contribution in [3.05, 3.63) is 65.2 Å². The van der Waals surface area contributed by atoms with E-state index < -0.39 is 8.60 Å². The first-order valence-corrected chi connectivity index (χ1v) is 8.35. The largest absolute Gasteiger partial charge is 3.00 e. The van der Waals surface area contributed by atoms with Crippen LogP contribution in [0.2, 0.25) is 0 Å². The van der Waals surface area contributed by atoms with E-state index in [-0.39, 0.29) is 15.3 Å². The van der Waals surface area contributed by atoms with Crippen LogP contribution < -0.4 is 19.4 Å². The van der Waals surface area contributed by atoms with Gasteiger partial charge in [-0.2, -0.15) is 0 Å². The minimum Gasteiger partial charge on any atom is -0.854 e. The van der Waals surface area contributed by atoms with Crippen molar-refractivity contribution in [2.24, 2.45) is 0 Å². The molecule has 1 atom stereocenters. The fourth-order valence-electron chi connectivity index (χ4n) is 3.69. The topological polar surface area (TPSA) is 78.4 Å². The molecule has 1 spiro atoms. The standard InChI is InChI=1S/C17H16O.O3P.P/c1-2-6-14-13(5-1)9-10-17(14)11-12-18-16-8-4-3-7-15(16)17;1-4(2)3;/h1-8H,9-12H2;;/q;-3;+3. The third-order valence-corrected chi connectivity index (χ3v) is 4.54. The van der Waals surface area contributed by atoms with Crippen LogP contribution in [-0.4, -0.2) is 6.61 Å². The van der Waals surface area contributed by atoms with Crippen LogP contribution in [0.25, 0.3) is 0 Å². The maximum absolute atomic E-state index is 8.48. The van der Waals surface area contributed by atoms with Gasteiger partial charge in [0, 0.05) is 11.0 Å². The summed E-state index contributed by atoms with van der Waals surface area (Å²) in [7, 11) is -3.37. The second kappa shape index (κ2) is 7.70. The zero-order valence-corrected chi connectivity index (χ0v) is 14.3. The summed E-state index contributed by atoms with van der Waals surface area (Å²) in [4.78, 5) is 25.4. The molecule has 23 heavy (non-hydrogen) atoms. The van der Waals surface area contributed by atoms with E-state index in [1.165, 1.54) is 29.5 Å². The molecule has 0 saturated heterocycles. The zero-order valence-electron chi connectivity index (χ0n) is 12.5. The SMILES string of the molecule is [O-]P([O-])[O-].[P+3].c1ccc2c(c1)CCC21CCOc2ccccc21. The average molecular weight is 346 g/mol. The zero-order chi connectivity index (χ0) is 15.6. The quantitative estimate of drug-likeness (QED) is 0.682. The van der Waals surface area contributed by atoms with Gasteiger partial charge in [0.1, 0.15) is 5.75 Å². The summed E-state index contributed by atoms with van der Waals surface area (Å²) < 4.78 is 5.83. The Morgan fingerprint density at radius 2 is 1.48 bits per heavy atom. The van der Waals surface area contributed by atoms with Crippen molar-refractivity contribution in [1.29, 1.82) is 0 Å². The molecule has 118 valence electrons. The minimum absolute atomic E-state index is 0. The molecule has 1 heterocycles. The molecule has 2 aromatic rings. The van der Waals surface area contributed by atoms with Crippen LogP contribution >= 0.6 is 18.5 Å². The van der Waals surface area contributed by atoms with E-state index in [0.717, 1.165) is 18.8 Å². The Morgan fingerprint density at radius 1 is 0.870 bits per heavy atom. The second-order valence-electron chi connectivity index (χ2n) is 5.56. The molecule has 2 aromatic carbocycles. The molecule has 0 amide bonds. The number of hydrogen-bond donors (Lipinski definition) is 0. The molecule has 0 saturated carbocycles. The molecular weight excluding hydrogens is 330 g/mol. The number of hydrogen-bond acceptors (Lipinski definition) is 4. The maximum atomic E-state index is 8.48. The van der Waals surface area contributed by atoms with Crippen molar-refractivity contribution in [3.63, 3.8) is 0 Å². The predicted molar refractivity (Wildman–Crippen MR) is 85.9 cm³/mol. The summed E-state index contributed by atoms with van der Waals surface area (Å²) in [6.45, 7) is 0.839. The first kappa shape index (κ1) is 18.3. The Hall–Kier alpha value is -1.02. The van der Waals surface area contributed by atoms with E-state index in [1.54, 1.807) is 0 Å². The van der Waals surface area contributed by atoms with Crippen molar-refractivity contribution < 1.29 is 19.4 Å². The van der Waals surface area contributed by atoms with E-state index in [9.17, 15) is 0 Å². The van der Waals surface area contributed by atoms with Gasteiger partial charge < -0.3 is 28.0 Å². The number of benzene rings is 2. The van der Waals surface area contributed by atoms with Gasteiger partial charge in [0.15, 0.2) is 0 Å². The Balaban J connectivity index is 0.000000349. The summed E-state index contributed by atoms with van der Waals surface area (Å²) in [6.07, 6.45) is 3.54. The van der Waals surface area contributed by atoms with Gasteiger partial charge in [0.2, 0.25) is 0 Å². The summed E-state index contributed by atoms with van der Waals surface area (Å²) in [5, 5.41) is 0. The van der Waals surface area contributed by atoms with Crippen molar-refractivity contribution in [2.45, 2.75) is 24.7 Å². The minimum atomic E-state index is -3.37. The van der Waals surface area contributed by atoms with E-state index in [0.29, 0.717) is 0 Å². The van der Waals surface area contributed by atoms with Crippen LogP contribution in [-0.2, 0) is 11.8 Å². The number of fused-ring (bicyclic) bond motifs is 4. The number of rotatable bonds is 0. The van der Waals surface area contributed by atoms with E-state index >= 15 is 0 Å². The van der Waals surface area contributed by atoms with Crippen molar-refractivity contribution in [3.8, 4) is 5.75 Å². The van der Waals surface area contributed by atoms with Crippen LogP contribution in [0.1, 0.15) is 29.5 Å². The summed E-state index contributed by atoms with van der Waals surface area (Å²) >= 11 is 0. The third-order valence-electron chi connectivity index (χ3n) is 4.54. The molecule has 1 aliphatic carbocycles. The van der Waals surface area contributed by atoms with Crippen LogP contribution in [0.3, 0.4) is 0 Å². The number of aryl methyl sites for hydroxylation is 1.